The van der Waals surface area contributed by atoms with Gasteiger partial charge in [-0.25, -0.2) is 5.48 Å². The van der Waals surface area contributed by atoms with Gasteiger partial charge in [0.15, 0.2) is 0 Å². The van der Waals surface area contributed by atoms with Gasteiger partial charge in [0.1, 0.15) is 0 Å². The van der Waals surface area contributed by atoms with E-state index in [1.54, 1.807) is 5.48 Å². The lowest BCUT2D eigenvalue weighted by molar-refractivity contribution is -0.129. The predicted octanol–water partition coefficient (Wildman–Crippen LogP) is 3.41. The minimum atomic E-state index is -0.383. The third kappa shape index (κ3) is 6.53. The second-order valence-corrected chi connectivity index (χ2v) is 5.94. The summed E-state index contributed by atoms with van der Waals surface area (Å²) in [6.07, 6.45) is 4.42. The third-order valence-electron chi connectivity index (χ3n) is 3.93. The fourth-order valence-electron chi connectivity index (χ4n) is 2.55. The Morgan fingerprint density at radius 2 is 1.54 bits per heavy atom. The highest BCUT2D eigenvalue weighted by molar-refractivity contribution is 6.24. The molecule has 2 rings (SSSR count). The molecule has 0 aliphatic carbocycles. The Morgan fingerprint density at radius 3 is 2.19 bits per heavy atom. The first kappa shape index (κ1) is 19.4. The van der Waals surface area contributed by atoms with Gasteiger partial charge in [-0.3, -0.25) is 14.8 Å². The molecule has 0 spiro atoms. The van der Waals surface area contributed by atoms with Gasteiger partial charge in [0.25, 0.3) is 5.91 Å². The number of carbonyl (C=O) groups excluding carboxylic acids is 2. The quantitative estimate of drug-likeness (QED) is 0.213. The number of amides is 2. The summed E-state index contributed by atoms with van der Waals surface area (Å²) in [5, 5.41) is 11.4. The molecule has 0 atom stereocenters. The Bertz CT molecular complexity index is 727. The Hall–Kier alpha value is -2.92. The van der Waals surface area contributed by atoms with Crippen LogP contribution in [0.5, 0.6) is 0 Å². The van der Waals surface area contributed by atoms with E-state index in [9.17, 15) is 9.59 Å². The Balaban J connectivity index is 1.94. The number of hydrogen-bond donors (Lipinski definition) is 3. The molecule has 0 aliphatic heterocycles. The third-order valence-corrected chi connectivity index (χ3v) is 3.93. The number of carbonyl (C=O) groups is 2. The molecular formula is C21H24N2O3. The van der Waals surface area contributed by atoms with Gasteiger partial charge in [-0.2, -0.15) is 0 Å². The molecule has 0 aliphatic rings. The normalized spacial score (nSPS) is 11.0. The molecule has 26 heavy (non-hydrogen) atoms. The molecule has 2 aromatic rings. The van der Waals surface area contributed by atoms with Crippen molar-refractivity contribution in [2.75, 3.05) is 6.54 Å². The highest BCUT2D eigenvalue weighted by Crippen LogP contribution is 2.18. The van der Waals surface area contributed by atoms with Gasteiger partial charge in [0.2, 0.25) is 5.91 Å². The van der Waals surface area contributed by atoms with Crippen molar-refractivity contribution in [1.29, 1.82) is 0 Å². The molecular weight excluding hydrogens is 328 g/mol. The summed E-state index contributed by atoms with van der Waals surface area (Å²) in [7, 11) is 0. The topological polar surface area (TPSA) is 78.4 Å². The minimum Gasteiger partial charge on any atom is -0.352 e. The molecule has 2 aromatic carbocycles. The van der Waals surface area contributed by atoms with E-state index in [4.69, 9.17) is 5.21 Å². The van der Waals surface area contributed by atoms with Crippen LogP contribution in [0.3, 0.4) is 0 Å². The second kappa shape index (κ2) is 10.8. The molecule has 3 N–H and O–H groups in total. The van der Waals surface area contributed by atoms with Gasteiger partial charge in [0.05, 0.1) is 0 Å². The maximum atomic E-state index is 12.7. The number of hydrogen-bond acceptors (Lipinski definition) is 3. The zero-order chi connectivity index (χ0) is 18.6. The minimum absolute atomic E-state index is 0.117. The average Bonchev–Trinajstić information content (AvgIpc) is 2.69. The van der Waals surface area contributed by atoms with Crippen LogP contribution in [-0.2, 0) is 9.59 Å². The summed E-state index contributed by atoms with van der Waals surface area (Å²) in [6.45, 7) is 0.540. The lowest BCUT2D eigenvalue weighted by atomic mass is 10.0. The van der Waals surface area contributed by atoms with Gasteiger partial charge >= 0.3 is 0 Å². The Labute approximate surface area is 153 Å². The van der Waals surface area contributed by atoms with Gasteiger partial charge in [-0.15, -0.1) is 0 Å². The number of unbranched alkanes of at least 4 members (excludes halogenated alkanes) is 2. The molecule has 0 radical (unpaired) electrons. The van der Waals surface area contributed by atoms with E-state index in [-0.39, 0.29) is 18.2 Å². The van der Waals surface area contributed by atoms with Gasteiger partial charge in [-0.05, 0) is 30.0 Å². The summed E-state index contributed by atoms with van der Waals surface area (Å²) in [4.78, 5) is 23.6. The molecule has 0 heterocycles. The van der Waals surface area contributed by atoms with Crippen molar-refractivity contribution < 1.29 is 14.8 Å². The van der Waals surface area contributed by atoms with Gasteiger partial charge in [-0.1, -0.05) is 67.1 Å². The van der Waals surface area contributed by atoms with Crippen LogP contribution < -0.4 is 10.8 Å². The summed E-state index contributed by atoms with van der Waals surface area (Å²) >= 11 is 0. The van der Waals surface area contributed by atoms with Crippen LogP contribution in [0.4, 0.5) is 0 Å². The summed E-state index contributed by atoms with van der Waals surface area (Å²) in [6, 6.07) is 19.3. The zero-order valence-corrected chi connectivity index (χ0v) is 14.7. The van der Waals surface area contributed by atoms with E-state index < -0.39 is 0 Å². The summed E-state index contributed by atoms with van der Waals surface area (Å²) in [5.74, 6) is -0.501. The van der Waals surface area contributed by atoms with Crippen LogP contribution in [0.25, 0.3) is 11.6 Å². The molecule has 5 nitrogen and oxygen atoms in total. The van der Waals surface area contributed by atoms with Gasteiger partial charge in [0, 0.05) is 18.5 Å². The van der Waals surface area contributed by atoms with Crippen LogP contribution in [0.2, 0.25) is 0 Å². The first-order valence-corrected chi connectivity index (χ1v) is 8.74. The van der Waals surface area contributed by atoms with Crippen LogP contribution in [0.1, 0.15) is 36.8 Å². The fourth-order valence-corrected chi connectivity index (χ4v) is 2.55. The first-order valence-electron chi connectivity index (χ1n) is 8.74. The molecule has 0 saturated carbocycles. The van der Waals surface area contributed by atoms with Gasteiger partial charge < -0.3 is 5.32 Å². The molecule has 5 heteroatoms. The maximum Gasteiger partial charge on any atom is 0.251 e. The number of hydroxylamine groups is 1. The van der Waals surface area contributed by atoms with Crippen molar-refractivity contribution in [3.63, 3.8) is 0 Å². The lowest BCUT2D eigenvalue weighted by Gasteiger charge is -2.10. The Kier molecular flexibility index (Phi) is 8.09. The SMILES string of the molecule is O=C(CCCCCNC(=O)C(=Cc1ccccc1)c1ccccc1)NO. The number of rotatable bonds is 9. The van der Waals surface area contributed by atoms with E-state index in [0.29, 0.717) is 18.5 Å². The molecule has 0 aromatic heterocycles. The average molecular weight is 352 g/mol. The zero-order valence-electron chi connectivity index (χ0n) is 14.7. The second-order valence-electron chi connectivity index (χ2n) is 5.94. The van der Waals surface area contributed by atoms with Crippen molar-refractivity contribution in [3.8, 4) is 0 Å². The van der Waals surface area contributed by atoms with Crippen molar-refractivity contribution in [3.05, 3.63) is 71.8 Å². The van der Waals surface area contributed by atoms with Crippen molar-refractivity contribution in [2.24, 2.45) is 0 Å². The van der Waals surface area contributed by atoms with Crippen molar-refractivity contribution in [2.45, 2.75) is 25.7 Å². The maximum absolute atomic E-state index is 12.7. The molecule has 0 saturated heterocycles. The van der Waals surface area contributed by atoms with Crippen molar-refractivity contribution >= 4 is 23.5 Å². The molecule has 136 valence electrons. The van der Waals surface area contributed by atoms with Crippen LogP contribution in [-0.4, -0.2) is 23.6 Å². The van der Waals surface area contributed by atoms with Crippen LogP contribution in [0.15, 0.2) is 60.7 Å². The molecule has 0 bridgehead atoms. The van der Waals surface area contributed by atoms with Crippen molar-refractivity contribution in [1.82, 2.24) is 10.8 Å². The smallest absolute Gasteiger partial charge is 0.251 e. The largest absolute Gasteiger partial charge is 0.352 e. The predicted molar refractivity (Wildman–Crippen MR) is 102 cm³/mol. The highest BCUT2D eigenvalue weighted by Gasteiger charge is 2.11. The van der Waals surface area contributed by atoms with Crippen LogP contribution in [0, 0.1) is 0 Å². The molecule has 0 unspecified atom stereocenters. The molecule has 2 amide bonds. The number of benzene rings is 2. The number of nitrogens with one attached hydrogen (secondary N) is 2. The van der Waals surface area contributed by atoms with E-state index in [2.05, 4.69) is 5.32 Å². The summed E-state index contributed by atoms with van der Waals surface area (Å²) in [5.41, 5.74) is 4.07. The van der Waals surface area contributed by atoms with E-state index in [1.165, 1.54) is 0 Å². The fraction of sp³-hybridized carbons (Fsp3) is 0.238. The first-order chi connectivity index (χ1) is 12.7. The van der Waals surface area contributed by atoms with E-state index in [1.807, 2.05) is 66.7 Å². The monoisotopic (exact) mass is 352 g/mol. The highest BCUT2D eigenvalue weighted by atomic mass is 16.5. The summed E-state index contributed by atoms with van der Waals surface area (Å²) < 4.78 is 0. The standard InChI is InChI=1S/C21H24N2O3/c24-20(23-26)14-8-3-9-15-22-21(25)19(18-12-6-2-7-13-18)16-17-10-4-1-5-11-17/h1-2,4-7,10-13,16,26H,3,8-9,14-15H2,(H,22,25)(H,23,24). The van der Waals surface area contributed by atoms with Crippen LogP contribution >= 0.6 is 0 Å². The lowest BCUT2D eigenvalue weighted by Crippen LogP contribution is -2.25. The van der Waals surface area contributed by atoms with E-state index in [0.717, 1.165) is 24.0 Å². The Morgan fingerprint density at radius 1 is 0.885 bits per heavy atom. The molecule has 0 fully saturated rings. The van der Waals surface area contributed by atoms with E-state index >= 15 is 0 Å².